The molecule has 1 aromatic heterocycles. The van der Waals surface area contributed by atoms with Crippen molar-refractivity contribution in [2.75, 3.05) is 0 Å². The number of hydrogen-bond donors (Lipinski definition) is 1. The van der Waals surface area contributed by atoms with Gasteiger partial charge in [0.1, 0.15) is 30.3 Å². The summed E-state index contributed by atoms with van der Waals surface area (Å²) in [7, 11) is 0. The lowest BCUT2D eigenvalue weighted by atomic mass is 10.0. The van der Waals surface area contributed by atoms with Crippen LogP contribution >= 0.6 is 11.6 Å². The van der Waals surface area contributed by atoms with Crippen molar-refractivity contribution >= 4 is 11.6 Å². The van der Waals surface area contributed by atoms with Crippen LogP contribution in [0.25, 0.3) is 0 Å². The van der Waals surface area contributed by atoms with Crippen LogP contribution in [0, 0.1) is 0 Å². The van der Waals surface area contributed by atoms with E-state index in [1.165, 1.54) is 19.6 Å². The summed E-state index contributed by atoms with van der Waals surface area (Å²) in [6.45, 7) is 1.24. The van der Waals surface area contributed by atoms with Crippen molar-refractivity contribution in [1.82, 2.24) is 14.8 Å². The zero-order chi connectivity index (χ0) is 17.2. The Kier molecular flexibility index (Phi) is 4.51. The Morgan fingerprint density at radius 1 is 1.12 bits per heavy atom. The van der Waals surface area contributed by atoms with E-state index < -0.39 is 11.9 Å². The van der Waals surface area contributed by atoms with E-state index in [-0.39, 0.29) is 0 Å². The van der Waals surface area contributed by atoms with Crippen LogP contribution in [0.3, 0.4) is 0 Å². The zero-order valence-corrected chi connectivity index (χ0v) is 13.6. The van der Waals surface area contributed by atoms with Gasteiger partial charge in [-0.25, -0.2) is 14.1 Å². The van der Waals surface area contributed by atoms with Gasteiger partial charge < -0.3 is 9.84 Å². The van der Waals surface area contributed by atoms with Gasteiger partial charge >= 0.3 is 0 Å². The Morgan fingerprint density at radius 3 is 2.25 bits per heavy atom. The predicted molar refractivity (Wildman–Crippen MR) is 87.7 cm³/mol. The van der Waals surface area contributed by atoms with Crippen LogP contribution in [0.5, 0.6) is 11.5 Å². The van der Waals surface area contributed by atoms with Crippen molar-refractivity contribution in [2.24, 2.45) is 0 Å². The van der Waals surface area contributed by atoms with Gasteiger partial charge in [-0.1, -0.05) is 23.7 Å². The molecule has 5 nitrogen and oxygen atoms in total. The molecule has 0 aliphatic heterocycles. The highest BCUT2D eigenvalue weighted by atomic mass is 35.5. The van der Waals surface area contributed by atoms with Crippen molar-refractivity contribution in [3.63, 3.8) is 0 Å². The average molecular weight is 348 g/mol. The predicted octanol–water partition coefficient (Wildman–Crippen LogP) is 4.10. The van der Waals surface area contributed by atoms with Crippen LogP contribution in [0.2, 0.25) is 5.02 Å². The van der Waals surface area contributed by atoms with Crippen LogP contribution in [-0.4, -0.2) is 19.9 Å². The molecule has 0 spiro atoms. The molecule has 2 aromatic carbocycles. The fraction of sp³-hybridized carbons (Fsp3) is 0.176. The lowest BCUT2D eigenvalue weighted by Gasteiger charge is -2.26. The maximum absolute atomic E-state index is 14.8. The number of aliphatic hydroxyl groups excluding tert-OH is 1. The highest BCUT2D eigenvalue weighted by Crippen LogP contribution is 2.34. The van der Waals surface area contributed by atoms with Crippen molar-refractivity contribution < 1.29 is 14.2 Å². The summed E-state index contributed by atoms with van der Waals surface area (Å²) in [4.78, 5) is 3.70. The highest BCUT2D eigenvalue weighted by molar-refractivity contribution is 6.30. The molecule has 0 fully saturated rings. The molecule has 24 heavy (non-hydrogen) atoms. The topological polar surface area (TPSA) is 60.2 Å². The van der Waals surface area contributed by atoms with E-state index >= 15 is 0 Å². The first-order valence-electron chi connectivity index (χ1n) is 7.22. The van der Waals surface area contributed by atoms with E-state index in [2.05, 4.69) is 10.1 Å². The quantitative estimate of drug-likeness (QED) is 0.754. The fourth-order valence-corrected chi connectivity index (χ4v) is 2.35. The summed E-state index contributed by atoms with van der Waals surface area (Å²) in [5, 5.41) is 14.7. The zero-order valence-electron chi connectivity index (χ0n) is 12.8. The molecule has 1 heterocycles. The number of alkyl halides is 1. The van der Waals surface area contributed by atoms with Gasteiger partial charge in [0.15, 0.2) is 0 Å². The lowest BCUT2D eigenvalue weighted by Crippen LogP contribution is -2.32. The largest absolute Gasteiger partial charge is 0.457 e. The fourth-order valence-electron chi connectivity index (χ4n) is 2.22. The molecule has 0 aliphatic carbocycles. The third-order valence-electron chi connectivity index (χ3n) is 3.61. The van der Waals surface area contributed by atoms with Gasteiger partial charge in [-0.15, -0.1) is 0 Å². The highest BCUT2D eigenvalue weighted by Gasteiger charge is 2.36. The molecule has 0 saturated carbocycles. The smallest absolute Gasteiger partial charge is 0.230 e. The average Bonchev–Trinajstić information content (AvgIpc) is 3.12. The molecule has 1 N–H and O–H groups in total. The Balaban J connectivity index is 1.75. The molecule has 2 atom stereocenters. The third-order valence-corrected chi connectivity index (χ3v) is 3.86. The summed E-state index contributed by atoms with van der Waals surface area (Å²) in [6.07, 6.45) is 1.04. The normalized spacial score (nSPS) is 14.8. The first-order chi connectivity index (χ1) is 11.5. The van der Waals surface area contributed by atoms with E-state index in [0.29, 0.717) is 22.1 Å². The standard InChI is InChI=1S/C17H15ClFN3O2/c1-17(19,22-11-20-10-21-22)16(23)12-2-6-14(7-3-12)24-15-8-4-13(18)5-9-15/h2-11,16,23H,1H3. The van der Waals surface area contributed by atoms with Crippen LogP contribution in [0.1, 0.15) is 18.6 Å². The Bertz CT molecular complexity index is 790. The van der Waals surface area contributed by atoms with Crippen molar-refractivity contribution in [2.45, 2.75) is 18.8 Å². The van der Waals surface area contributed by atoms with Gasteiger partial charge in [0.2, 0.25) is 5.79 Å². The van der Waals surface area contributed by atoms with E-state index in [0.717, 1.165) is 4.68 Å². The number of aromatic nitrogens is 3. The van der Waals surface area contributed by atoms with E-state index in [4.69, 9.17) is 16.3 Å². The van der Waals surface area contributed by atoms with Crippen LogP contribution < -0.4 is 4.74 Å². The van der Waals surface area contributed by atoms with Crippen molar-refractivity contribution in [1.29, 1.82) is 0 Å². The van der Waals surface area contributed by atoms with Gasteiger partial charge in [0.05, 0.1) is 0 Å². The summed E-state index contributed by atoms with van der Waals surface area (Å²) >= 11 is 5.82. The molecule has 124 valence electrons. The van der Waals surface area contributed by atoms with Crippen molar-refractivity contribution in [3.8, 4) is 11.5 Å². The molecule has 2 unspecified atom stereocenters. The van der Waals surface area contributed by atoms with Crippen molar-refractivity contribution in [3.05, 3.63) is 71.8 Å². The van der Waals surface area contributed by atoms with Gasteiger partial charge in [0, 0.05) is 5.02 Å². The summed E-state index contributed by atoms with van der Waals surface area (Å²) < 4.78 is 21.4. The first kappa shape index (κ1) is 16.4. The maximum Gasteiger partial charge on any atom is 0.230 e. The molecule has 0 aliphatic rings. The number of nitrogens with zero attached hydrogens (tertiary/aromatic N) is 3. The second kappa shape index (κ2) is 6.59. The molecule has 0 saturated heterocycles. The molecule has 3 rings (SSSR count). The Hall–Kier alpha value is -2.44. The number of rotatable bonds is 5. The van der Waals surface area contributed by atoms with Gasteiger partial charge in [0.25, 0.3) is 0 Å². The van der Waals surface area contributed by atoms with Gasteiger partial charge in [-0.3, -0.25) is 0 Å². The van der Waals surface area contributed by atoms with E-state index in [1.54, 1.807) is 48.5 Å². The minimum Gasteiger partial charge on any atom is -0.457 e. The molecule has 3 aromatic rings. The molecule has 7 heteroatoms. The number of hydrogen-bond acceptors (Lipinski definition) is 4. The molecule has 0 bridgehead atoms. The second-order valence-corrected chi connectivity index (χ2v) is 5.83. The number of halogens is 2. The Labute approximate surface area is 143 Å². The summed E-state index contributed by atoms with van der Waals surface area (Å²) in [5.41, 5.74) is 0.402. The van der Waals surface area contributed by atoms with Gasteiger partial charge in [-0.2, -0.15) is 5.10 Å². The van der Waals surface area contributed by atoms with E-state index in [9.17, 15) is 9.50 Å². The SMILES string of the molecule is CC(F)(C(O)c1ccc(Oc2ccc(Cl)cc2)cc1)n1cncn1. The van der Waals surface area contributed by atoms with Crippen LogP contribution in [0.15, 0.2) is 61.2 Å². The summed E-state index contributed by atoms with van der Waals surface area (Å²) in [6, 6.07) is 13.5. The van der Waals surface area contributed by atoms with E-state index in [1.807, 2.05) is 0 Å². The van der Waals surface area contributed by atoms with Crippen LogP contribution in [-0.2, 0) is 5.79 Å². The monoisotopic (exact) mass is 347 g/mol. The van der Waals surface area contributed by atoms with Crippen LogP contribution in [0.4, 0.5) is 4.39 Å². The molecule has 0 radical (unpaired) electrons. The number of aliphatic hydroxyl groups is 1. The second-order valence-electron chi connectivity index (χ2n) is 5.39. The minimum atomic E-state index is -2.12. The van der Waals surface area contributed by atoms with Gasteiger partial charge in [-0.05, 0) is 48.9 Å². The minimum absolute atomic E-state index is 0.402. The third kappa shape index (κ3) is 3.39. The molecular weight excluding hydrogens is 333 g/mol. The number of benzene rings is 2. The maximum atomic E-state index is 14.8. The lowest BCUT2D eigenvalue weighted by molar-refractivity contribution is -0.0652. The first-order valence-corrected chi connectivity index (χ1v) is 7.60. The number of ether oxygens (including phenoxy) is 1. The molecule has 0 amide bonds. The molecular formula is C17H15ClFN3O2. The summed E-state index contributed by atoms with van der Waals surface area (Å²) in [5.74, 6) is -0.921. The Morgan fingerprint density at radius 2 is 1.71 bits per heavy atom.